The summed E-state index contributed by atoms with van der Waals surface area (Å²) in [6.07, 6.45) is 2.85. The summed E-state index contributed by atoms with van der Waals surface area (Å²) in [6, 6.07) is 4.10. The summed E-state index contributed by atoms with van der Waals surface area (Å²) in [7, 11) is 3.67. The Morgan fingerprint density at radius 1 is 1.39 bits per heavy atom. The van der Waals surface area contributed by atoms with Crippen molar-refractivity contribution >= 4 is 0 Å². The summed E-state index contributed by atoms with van der Waals surface area (Å²) in [5.41, 5.74) is 0.995. The highest BCUT2D eigenvalue weighted by molar-refractivity contribution is 5.29. The van der Waals surface area contributed by atoms with E-state index in [4.69, 9.17) is 4.74 Å². The third-order valence-electron chi connectivity index (χ3n) is 3.33. The lowest BCUT2D eigenvalue weighted by Crippen LogP contribution is -2.28. The fraction of sp³-hybridized carbons (Fsp3) is 0.643. The lowest BCUT2D eigenvalue weighted by Gasteiger charge is -2.23. The summed E-state index contributed by atoms with van der Waals surface area (Å²) in [6.45, 7) is 7.63. The van der Waals surface area contributed by atoms with Gasteiger partial charge < -0.3 is 15.0 Å². The van der Waals surface area contributed by atoms with Crippen LogP contribution < -0.4 is 10.1 Å². The van der Waals surface area contributed by atoms with E-state index in [1.165, 1.54) is 0 Å². The van der Waals surface area contributed by atoms with E-state index in [0.717, 1.165) is 37.5 Å². The first kappa shape index (κ1) is 14.9. The van der Waals surface area contributed by atoms with Crippen LogP contribution in [0.5, 0.6) is 5.75 Å². The van der Waals surface area contributed by atoms with Gasteiger partial charge in [0.05, 0.1) is 18.8 Å². The van der Waals surface area contributed by atoms with Gasteiger partial charge in [-0.05, 0) is 45.2 Å². The van der Waals surface area contributed by atoms with Crippen LogP contribution in [0.25, 0.3) is 0 Å². The number of methoxy groups -OCH3 is 1. The predicted octanol–water partition coefficient (Wildman–Crippen LogP) is 2.08. The van der Waals surface area contributed by atoms with E-state index in [1.54, 1.807) is 7.11 Å². The number of nitrogens with one attached hydrogen (secondary N) is 1. The van der Waals surface area contributed by atoms with Crippen molar-refractivity contribution in [3.05, 3.63) is 24.0 Å². The average molecular weight is 251 g/mol. The van der Waals surface area contributed by atoms with Gasteiger partial charge in [-0.3, -0.25) is 4.98 Å². The van der Waals surface area contributed by atoms with Gasteiger partial charge in [-0.15, -0.1) is 0 Å². The molecule has 1 aromatic heterocycles. The van der Waals surface area contributed by atoms with E-state index in [2.05, 4.69) is 29.0 Å². The molecule has 0 radical (unpaired) electrons. The Morgan fingerprint density at radius 2 is 2.11 bits per heavy atom. The Kier molecular flexibility index (Phi) is 6.68. The van der Waals surface area contributed by atoms with Gasteiger partial charge in [-0.25, -0.2) is 0 Å². The number of hydrogen-bond donors (Lipinski definition) is 1. The SMILES string of the molecule is CCN(CC)CCC(NC)c1ncccc1OC. The molecule has 4 heteroatoms. The molecule has 0 spiro atoms. The number of rotatable bonds is 8. The highest BCUT2D eigenvalue weighted by Crippen LogP contribution is 2.24. The molecule has 1 heterocycles. The lowest BCUT2D eigenvalue weighted by atomic mass is 10.1. The molecule has 0 aromatic carbocycles. The standard InChI is InChI=1S/C14H25N3O/c1-5-17(6-2)11-9-12(15-3)14-13(18-4)8-7-10-16-14/h7-8,10,12,15H,5-6,9,11H2,1-4H3. The Bertz CT molecular complexity index is 340. The summed E-state index contributed by atoms with van der Waals surface area (Å²) in [5.74, 6) is 0.858. The van der Waals surface area contributed by atoms with Gasteiger partial charge in [0.1, 0.15) is 5.75 Å². The molecule has 18 heavy (non-hydrogen) atoms. The maximum absolute atomic E-state index is 5.37. The topological polar surface area (TPSA) is 37.4 Å². The zero-order valence-electron chi connectivity index (χ0n) is 11.9. The third-order valence-corrected chi connectivity index (χ3v) is 3.33. The Balaban J connectivity index is 2.70. The van der Waals surface area contributed by atoms with Crippen LogP contribution in [0.15, 0.2) is 18.3 Å². The zero-order valence-corrected chi connectivity index (χ0v) is 11.9. The Labute approximate surface area is 110 Å². The molecular formula is C14H25N3O. The van der Waals surface area contributed by atoms with Gasteiger partial charge in [0.15, 0.2) is 0 Å². The molecule has 1 atom stereocenters. The molecule has 0 aliphatic rings. The average Bonchev–Trinajstić information content (AvgIpc) is 2.44. The van der Waals surface area contributed by atoms with Gasteiger partial charge in [0.2, 0.25) is 0 Å². The van der Waals surface area contributed by atoms with E-state index in [1.807, 2.05) is 25.4 Å². The zero-order chi connectivity index (χ0) is 13.4. The number of aromatic nitrogens is 1. The fourth-order valence-corrected chi connectivity index (χ4v) is 2.11. The lowest BCUT2D eigenvalue weighted by molar-refractivity contribution is 0.281. The van der Waals surface area contributed by atoms with Crippen LogP contribution in [0.1, 0.15) is 32.0 Å². The van der Waals surface area contributed by atoms with Gasteiger partial charge in [0, 0.05) is 6.20 Å². The molecular weight excluding hydrogens is 226 g/mol. The largest absolute Gasteiger partial charge is 0.495 e. The van der Waals surface area contributed by atoms with Crippen molar-refractivity contribution in [1.82, 2.24) is 15.2 Å². The molecule has 1 unspecified atom stereocenters. The van der Waals surface area contributed by atoms with E-state index < -0.39 is 0 Å². The maximum atomic E-state index is 5.37. The van der Waals surface area contributed by atoms with Gasteiger partial charge in [0.25, 0.3) is 0 Å². The maximum Gasteiger partial charge on any atom is 0.141 e. The Hall–Kier alpha value is -1.13. The van der Waals surface area contributed by atoms with Crippen molar-refractivity contribution in [2.24, 2.45) is 0 Å². The third kappa shape index (κ3) is 3.96. The first-order valence-corrected chi connectivity index (χ1v) is 6.65. The van der Waals surface area contributed by atoms with Crippen molar-refractivity contribution in [2.75, 3.05) is 33.8 Å². The second kappa shape index (κ2) is 8.06. The summed E-state index contributed by atoms with van der Waals surface area (Å²) in [5, 5.41) is 3.33. The molecule has 1 rings (SSSR count). The summed E-state index contributed by atoms with van der Waals surface area (Å²) in [4.78, 5) is 6.86. The van der Waals surface area contributed by atoms with Crippen LogP contribution in [0, 0.1) is 0 Å². The number of nitrogens with zero attached hydrogens (tertiary/aromatic N) is 2. The summed E-state index contributed by atoms with van der Waals surface area (Å²) >= 11 is 0. The number of pyridine rings is 1. The van der Waals surface area contributed by atoms with E-state index in [-0.39, 0.29) is 6.04 Å². The van der Waals surface area contributed by atoms with Crippen molar-refractivity contribution < 1.29 is 4.74 Å². The normalized spacial score (nSPS) is 12.7. The van der Waals surface area contributed by atoms with Crippen LogP contribution >= 0.6 is 0 Å². The minimum Gasteiger partial charge on any atom is -0.495 e. The van der Waals surface area contributed by atoms with Crippen LogP contribution in [0.3, 0.4) is 0 Å². The molecule has 0 saturated carbocycles. The number of ether oxygens (including phenoxy) is 1. The highest BCUT2D eigenvalue weighted by Gasteiger charge is 2.16. The molecule has 102 valence electrons. The monoisotopic (exact) mass is 251 g/mol. The van der Waals surface area contributed by atoms with Crippen molar-refractivity contribution in [3.63, 3.8) is 0 Å². The van der Waals surface area contributed by atoms with E-state index in [9.17, 15) is 0 Å². The summed E-state index contributed by atoms with van der Waals surface area (Å²) < 4.78 is 5.37. The van der Waals surface area contributed by atoms with Crippen LogP contribution in [-0.2, 0) is 0 Å². The second-order valence-corrected chi connectivity index (χ2v) is 4.25. The highest BCUT2D eigenvalue weighted by atomic mass is 16.5. The van der Waals surface area contributed by atoms with Gasteiger partial charge in [-0.2, -0.15) is 0 Å². The minimum absolute atomic E-state index is 0.238. The smallest absolute Gasteiger partial charge is 0.141 e. The molecule has 0 aliphatic carbocycles. The minimum atomic E-state index is 0.238. The molecule has 0 aliphatic heterocycles. The molecule has 0 saturated heterocycles. The van der Waals surface area contributed by atoms with E-state index in [0.29, 0.717) is 0 Å². The quantitative estimate of drug-likeness (QED) is 0.767. The van der Waals surface area contributed by atoms with E-state index >= 15 is 0 Å². The van der Waals surface area contributed by atoms with Gasteiger partial charge >= 0.3 is 0 Å². The van der Waals surface area contributed by atoms with Gasteiger partial charge in [-0.1, -0.05) is 13.8 Å². The Morgan fingerprint density at radius 3 is 2.67 bits per heavy atom. The van der Waals surface area contributed by atoms with Crippen LogP contribution in [0.4, 0.5) is 0 Å². The second-order valence-electron chi connectivity index (χ2n) is 4.25. The van der Waals surface area contributed by atoms with Crippen molar-refractivity contribution in [3.8, 4) is 5.75 Å². The fourth-order valence-electron chi connectivity index (χ4n) is 2.11. The van der Waals surface area contributed by atoms with Crippen molar-refractivity contribution in [2.45, 2.75) is 26.3 Å². The van der Waals surface area contributed by atoms with Crippen LogP contribution in [-0.4, -0.2) is 43.7 Å². The molecule has 0 amide bonds. The molecule has 0 fully saturated rings. The predicted molar refractivity (Wildman–Crippen MR) is 75.0 cm³/mol. The molecule has 1 aromatic rings. The molecule has 4 nitrogen and oxygen atoms in total. The first-order valence-electron chi connectivity index (χ1n) is 6.65. The molecule has 1 N–H and O–H groups in total. The molecule has 0 bridgehead atoms. The number of hydrogen-bond acceptors (Lipinski definition) is 4. The van der Waals surface area contributed by atoms with Crippen LogP contribution in [0.2, 0.25) is 0 Å². The van der Waals surface area contributed by atoms with Crippen molar-refractivity contribution in [1.29, 1.82) is 0 Å². The first-order chi connectivity index (χ1) is 8.76.